The summed E-state index contributed by atoms with van der Waals surface area (Å²) in [7, 11) is 0. The maximum absolute atomic E-state index is 5.52. The van der Waals surface area contributed by atoms with Crippen LogP contribution in [0.15, 0.2) is 18.3 Å². The molecule has 0 amide bonds. The molecule has 0 aromatic carbocycles. The molecule has 2 heterocycles. The van der Waals surface area contributed by atoms with Gasteiger partial charge in [0.05, 0.1) is 29.0 Å². The molecular formula is C14H19N3OS. The molecule has 4 nitrogen and oxygen atoms in total. The van der Waals surface area contributed by atoms with E-state index in [1.54, 1.807) is 17.5 Å². The smallest absolute Gasteiger partial charge is 0.237 e. The number of nitrogens with one attached hydrogen (secondary N) is 1. The molecule has 0 aliphatic rings. The number of thiazole rings is 1. The van der Waals surface area contributed by atoms with E-state index in [0.717, 1.165) is 16.4 Å². The van der Waals surface area contributed by atoms with Crippen molar-refractivity contribution in [3.8, 4) is 5.88 Å². The van der Waals surface area contributed by atoms with Crippen molar-refractivity contribution in [1.82, 2.24) is 9.97 Å². The van der Waals surface area contributed by atoms with Gasteiger partial charge in [0.25, 0.3) is 0 Å². The maximum Gasteiger partial charge on any atom is 0.237 e. The van der Waals surface area contributed by atoms with E-state index in [2.05, 4.69) is 29.1 Å². The Labute approximate surface area is 117 Å². The Bertz CT molecular complexity index is 553. The van der Waals surface area contributed by atoms with E-state index >= 15 is 0 Å². The predicted octanol–water partition coefficient (Wildman–Crippen LogP) is 3.73. The van der Waals surface area contributed by atoms with Crippen LogP contribution in [0.2, 0.25) is 0 Å². The lowest BCUT2D eigenvalue weighted by molar-refractivity contribution is 0.328. The lowest BCUT2D eigenvalue weighted by atomic mass is 10.2. The molecule has 5 heteroatoms. The summed E-state index contributed by atoms with van der Waals surface area (Å²) in [6.45, 7) is 8.80. The van der Waals surface area contributed by atoms with Gasteiger partial charge in [0.15, 0.2) is 0 Å². The van der Waals surface area contributed by atoms with E-state index in [1.165, 1.54) is 4.88 Å². The van der Waals surface area contributed by atoms with Crippen LogP contribution in [-0.4, -0.2) is 16.6 Å². The molecular weight excluding hydrogens is 258 g/mol. The van der Waals surface area contributed by atoms with Crippen molar-refractivity contribution in [2.45, 2.75) is 33.7 Å². The fourth-order valence-electron chi connectivity index (χ4n) is 2.00. The van der Waals surface area contributed by atoms with Gasteiger partial charge in [-0.3, -0.25) is 0 Å². The second-order valence-electron chi connectivity index (χ2n) is 4.33. The molecule has 2 aromatic heterocycles. The van der Waals surface area contributed by atoms with Crippen LogP contribution >= 0.6 is 11.3 Å². The van der Waals surface area contributed by atoms with Crippen LogP contribution in [0.3, 0.4) is 0 Å². The summed E-state index contributed by atoms with van der Waals surface area (Å²) < 4.78 is 5.52. The number of ether oxygens (including phenoxy) is 1. The number of aromatic nitrogens is 2. The monoisotopic (exact) mass is 277 g/mol. The second-order valence-corrected chi connectivity index (χ2v) is 5.74. The quantitative estimate of drug-likeness (QED) is 0.904. The van der Waals surface area contributed by atoms with E-state index in [-0.39, 0.29) is 6.04 Å². The van der Waals surface area contributed by atoms with E-state index < -0.39 is 0 Å². The molecule has 0 saturated heterocycles. The van der Waals surface area contributed by atoms with E-state index in [1.807, 2.05) is 26.0 Å². The maximum atomic E-state index is 5.52. The van der Waals surface area contributed by atoms with Gasteiger partial charge < -0.3 is 10.1 Å². The Morgan fingerprint density at radius 3 is 2.84 bits per heavy atom. The number of anilines is 1. The van der Waals surface area contributed by atoms with Gasteiger partial charge in [0.1, 0.15) is 0 Å². The topological polar surface area (TPSA) is 47.0 Å². The molecule has 1 unspecified atom stereocenters. The molecule has 0 fully saturated rings. The highest BCUT2D eigenvalue weighted by atomic mass is 32.1. The highest BCUT2D eigenvalue weighted by molar-refractivity contribution is 7.11. The molecule has 0 aliphatic heterocycles. The van der Waals surface area contributed by atoms with Crippen molar-refractivity contribution in [2.75, 3.05) is 11.9 Å². The van der Waals surface area contributed by atoms with Crippen molar-refractivity contribution in [1.29, 1.82) is 0 Å². The number of hydrogen-bond donors (Lipinski definition) is 1. The molecule has 1 atom stereocenters. The van der Waals surface area contributed by atoms with Gasteiger partial charge in [0.2, 0.25) is 5.88 Å². The summed E-state index contributed by atoms with van der Waals surface area (Å²) in [5.41, 5.74) is 2.00. The molecule has 0 aliphatic carbocycles. The Morgan fingerprint density at radius 1 is 1.42 bits per heavy atom. The zero-order valence-electron chi connectivity index (χ0n) is 11.7. The van der Waals surface area contributed by atoms with Crippen molar-refractivity contribution >= 4 is 17.0 Å². The minimum atomic E-state index is 0.133. The van der Waals surface area contributed by atoms with Crippen molar-refractivity contribution in [3.63, 3.8) is 0 Å². The average molecular weight is 277 g/mol. The summed E-state index contributed by atoms with van der Waals surface area (Å²) in [6, 6.07) is 4.01. The lowest BCUT2D eigenvalue weighted by Crippen LogP contribution is -2.10. The molecule has 0 bridgehead atoms. The fourth-order valence-corrected chi connectivity index (χ4v) is 2.91. The van der Waals surface area contributed by atoms with E-state index in [4.69, 9.17) is 4.74 Å². The van der Waals surface area contributed by atoms with Crippen molar-refractivity contribution in [3.05, 3.63) is 33.9 Å². The van der Waals surface area contributed by atoms with Gasteiger partial charge in [-0.25, -0.2) is 9.97 Å². The summed E-state index contributed by atoms with van der Waals surface area (Å²) in [4.78, 5) is 10.1. The van der Waals surface area contributed by atoms with Gasteiger partial charge in [-0.05, 0) is 39.8 Å². The van der Waals surface area contributed by atoms with Crippen LogP contribution in [0.5, 0.6) is 5.88 Å². The van der Waals surface area contributed by atoms with Crippen molar-refractivity contribution < 1.29 is 4.74 Å². The van der Waals surface area contributed by atoms with Crippen LogP contribution in [-0.2, 0) is 0 Å². The predicted molar refractivity (Wildman–Crippen MR) is 79.0 cm³/mol. The van der Waals surface area contributed by atoms with Crippen LogP contribution in [0.4, 0.5) is 5.69 Å². The number of aryl methyl sites for hydroxylation is 2. The minimum Gasteiger partial charge on any atom is -0.476 e. The molecule has 2 rings (SSSR count). The van der Waals surface area contributed by atoms with Gasteiger partial charge in [-0.1, -0.05) is 0 Å². The standard InChI is InChI=1S/C14H19N3OS/c1-5-18-14-12(7-6-8-15-14)16-9(2)13-10(3)19-11(4)17-13/h6-9,16H,5H2,1-4H3. The SMILES string of the molecule is CCOc1ncccc1NC(C)c1nc(C)sc1C. The number of rotatable bonds is 5. The summed E-state index contributed by atoms with van der Waals surface area (Å²) >= 11 is 1.72. The zero-order chi connectivity index (χ0) is 13.8. The molecule has 102 valence electrons. The Kier molecular flexibility index (Phi) is 4.37. The lowest BCUT2D eigenvalue weighted by Gasteiger charge is -2.16. The van der Waals surface area contributed by atoms with Crippen LogP contribution in [0.1, 0.15) is 35.5 Å². The summed E-state index contributed by atoms with van der Waals surface area (Å²) in [5, 5.41) is 4.52. The van der Waals surface area contributed by atoms with Crippen LogP contribution in [0, 0.1) is 13.8 Å². The highest BCUT2D eigenvalue weighted by Gasteiger charge is 2.15. The molecule has 2 aromatic rings. The Balaban J connectivity index is 2.19. The first-order valence-electron chi connectivity index (χ1n) is 6.40. The second kappa shape index (κ2) is 6.02. The third kappa shape index (κ3) is 3.23. The Hall–Kier alpha value is -1.62. The first kappa shape index (κ1) is 13.8. The number of hydrogen-bond acceptors (Lipinski definition) is 5. The van der Waals surface area contributed by atoms with E-state index in [9.17, 15) is 0 Å². The summed E-state index contributed by atoms with van der Waals surface area (Å²) in [6.07, 6.45) is 1.74. The van der Waals surface area contributed by atoms with Crippen LogP contribution in [0.25, 0.3) is 0 Å². The highest BCUT2D eigenvalue weighted by Crippen LogP contribution is 2.28. The van der Waals surface area contributed by atoms with Gasteiger partial charge in [-0.15, -0.1) is 11.3 Å². The summed E-state index contributed by atoms with van der Waals surface area (Å²) in [5.74, 6) is 0.640. The first-order chi connectivity index (χ1) is 9.11. The third-order valence-corrected chi connectivity index (χ3v) is 3.68. The molecule has 0 radical (unpaired) electrons. The molecule has 19 heavy (non-hydrogen) atoms. The zero-order valence-corrected chi connectivity index (χ0v) is 12.5. The number of pyridine rings is 1. The van der Waals surface area contributed by atoms with Crippen LogP contribution < -0.4 is 10.1 Å². The fraction of sp³-hybridized carbons (Fsp3) is 0.429. The number of nitrogens with zero attached hydrogens (tertiary/aromatic N) is 2. The average Bonchev–Trinajstić information content (AvgIpc) is 2.71. The molecule has 0 saturated carbocycles. The van der Waals surface area contributed by atoms with Crippen molar-refractivity contribution in [2.24, 2.45) is 0 Å². The Morgan fingerprint density at radius 2 is 2.21 bits per heavy atom. The van der Waals surface area contributed by atoms with Gasteiger partial charge >= 0.3 is 0 Å². The minimum absolute atomic E-state index is 0.133. The third-order valence-electron chi connectivity index (χ3n) is 2.77. The van der Waals surface area contributed by atoms with Gasteiger partial charge in [-0.2, -0.15) is 0 Å². The molecule has 0 spiro atoms. The largest absolute Gasteiger partial charge is 0.476 e. The first-order valence-corrected chi connectivity index (χ1v) is 7.21. The van der Waals surface area contributed by atoms with E-state index in [0.29, 0.717) is 12.5 Å². The van der Waals surface area contributed by atoms with Gasteiger partial charge in [0, 0.05) is 11.1 Å². The molecule has 1 N–H and O–H groups in total. The normalized spacial score (nSPS) is 12.2.